The molecule has 0 aliphatic carbocycles. The van der Waals surface area contributed by atoms with Crippen LogP contribution in [-0.4, -0.2) is 138 Å². The SMILES string of the molecule is CC(C)(N)C(=O)N1CCN(CC2CCN(CC(=O)N3CCN(C(=O)c4cc(CC(=N)c5ccccc5C(N)=O)ccc4F)CC3)CC2)CC1. The van der Waals surface area contributed by atoms with E-state index in [-0.39, 0.29) is 35.1 Å². The summed E-state index contributed by atoms with van der Waals surface area (Å²) in [5, 5.41) is 8.53. The molecule has 0 unspecified atom stereocenters. The first kappa shape index (κ1) is 36.1. The van der Waals surface area contributed by atoms with E-state index in [1.807, 2.05) is 4.90 Å². The highest BCUT2D eigenvalue weighted by molar-refractivity contribution is 6.09. The molecule has 49 heavy (non-hydrogen) atoms. The summed E-state index contributed by atoms with van der Waals surface area (Å²) >= 11 is 0. The molecule has 0 radical (unpaired) electrons. The number of nitrogens with one attached hydrogen (secondary N) is 1. The molecule has 264 valence electrons. The molecular formula is C36H49FN8O4. The maximum atomic E-state index is 14.9. The van der Waals surface area contributed by atoms with Crippen LogP contribution in [0.2, 0.25) is 0 Å². The van der Waals surface area contributed by atoms with Crippen LogP contribution < -0.4 is 11.5 Å². The molecular weight excluding hydrogens is 627 g/mol. The Morgan fingerprint density at radius 1 is 0.796 bits per heavy atom. The number of primary amides is 1. The number of hydrogen-bond acceptors (Lipinski definition) is 8. The van der Waals surface area contributed by atoms with Crippen molar-refractivity contribution in [3.8, 4) is 0 Å². The van der Waals surface area contributed by atoms with Gasteiger partial charge in [0.1, 0.15) is 5.82 Å². The molecule has 2 aromatic rings. The Morgan fingerprint density at radius 2 is 1.39 bits per heavy atom. The van der Waals surface area contributed by atoms with Crippen molar-refractivity contribution in [3.05, 3.63) is 70.5 Å². The van der Waals surface area contributed by atoms with Gasteiger partial charge in [0, 0.05) is 82.2 Å². The third-order valence-corrected chi connectivity index (χ3v) is 9.87. The number of hydrogen-bond donors (Lipinski definition) is 3. The monoisotopic (exact) mass is 676 g/mol. The third kappa shape index (κ3) is 9.08. The van der Waals surface area contributed by atoms with E-state index in [0.717, 1.165) is 45.6 Å². The highest BCUT2D eigenvalue weighted by Gasteiger charge is 2.32. The van der Waals surface area contributed by atoms with Gasteiger partial charge in [0.15, 0.2) is 0 Å². The van der Waals surface area contributed by atoms with E-state index in [0.29, 0.717) is 62.9 Å². The Kier molecular flexibility index (Phi) is 11.5. The molecule has 0 atom stereocenters. The van der Waals surface area contributed by atoms with E-state index < -0.39 is 23.2 Å². The van der Waals surface area contributed by atoms with Gasteiger partial charge in [0.25, 0.3) is 5.91 Å². The highest BCUT2D eigenvalue weighted by atomic mass is 19.1. The largest absolute Gasteiger partial charge is 0.366 e. The summed E-state index contributed by atoms with van der Waals surface area (Å²) in [5.41, 5.74) is 11.9. The van der Waals surface area contributed by atoms with Crippen LogP contribution in [0.5, 0.6) is 0 Å². The van der Waals surface area contributed by atoms with Gasteiger partial charge in [-0.2, -0.15) is 0 Å². The summed E-state index contributed by atoms with van der Waals surface area (Å²) in [7, 11) is 0. The van der Waals surface area contributed by atoms with E-state index >= 15 is 0 Å². The van der Waals surface area contributed by atoms with E-state index in [1.165, 1.54) is 18.2 Å². The smallest absolute Gasteiger partial charge is 0.256 e. The van der Waals surface area contributed by atoms with Gasteiger partial charge in [-0.05, 0) is 69.5 Å². The van der Waals surface area contributed by atoms with Crippen LogP contribution in [0.1, 0.15) is 58.5 Å². The van der Waals surface area contributed by atoms with Crippen molar-refractivity contribution in [3.63, 3.8) is 0 Å². The molecule has 3 aliphatic heterocycles. The van der Waals surface area contributed by atoms with E-state index in [4.69, 9.17) is 16.9 Å². The number of likely N-dealkylation sites (tertiary alicyclic amines) is 1. The minimum atomic E-state index is -0.846. The Hall–Kier alpha value is -4.20. The van der Waals surface area contributed by atoms with E-state index in [9.17, 15) is 23.6 Å². The number of benzene rings is 2. The average molecular weight is 677 g/mol. The molecule has 0 aromatic heterocycles. The Balaban J connectivity index is 1.05. The van der Waals surface area contributed by atoms with Gasteiger partial charge in [-0.15, -0.1) is 0 Å². The van der Waals surface area contributed by atoms with Crippen LogP contribution in [0.4, 0.5) is 4.39 Å². The second kappa shape index (κ2) is 15.6. The van der Waals surface area contributed by atoms with Gasteiger partial charge < -0.3 is 31.6 Å². The number of nitrogens with zero attached hydrogens (tertiary/aromatic N) is 5. The zero-order chi connectivity index (χ0) is 35.3. The lowest BCUT2D eigenvalue weighted by Gasteiger charge is -2.40. The fourth-order valence-electron chi connectivity index (χ4n) is 6.96. The lowest BCUT2D eigenvalue weighted by molar-refractivity contribution is -0.138. The molecule has 0 bridgehead atoms. The zero-order valence-corrected chi connectivity index (χ0v) is 28.6. The van der Waals surface area contributed by atoms with Crippen molar-refractivity contribution in [2.45, 2.75) is 38.6 Å². The van der Waals surface area contributed by atoms with Crippen LogP contribution in [0.15, 0.2) is 42.5 Å². The molecule has 3 aliphatic rings. The molecule has 5 N–H and O–H groups in total. The van der Waals surface area contributed by atoms with Gasteiger partial charge in [0.2, 0.25) is 17.7 Å². The maximum absolute atomic E-state index is 14.9. The lowest BCUT2D eigenvalue weighted by atomic mass is 9.95. The topological polar surface area (TPSA) is 160 Å². The number of halogens is 1. The molecule has 3 saturated heterocycles. The van der Waals surface area contributed by atoms with E-state index in [2.05, 4.69) is 9.80 Å². The molecule has 5 rings (SSSR count). The number of piperazine rings is 2. The van der Waals surface area contributed by atoms with Gasteiger partial charge in [-0.3, -0.25) is 29.0 Å². The summed E-state index contributed by atoms with van der Waals surface area (Å²) < 4.78 is 14.9. The number of carbonyl (C=O) groups is 4. The summed E-state index contributed by atoms with van der Waals surface area (Å²) in [6.45, 7) is 11.0. The zero-order valence-electron chi connectivity index (χ0n) is 28.6. The Bertz CT molecular complexity index is 1550. The first-order chi connectivity index (χ1) is 23.3. The van der Waals surface area contributed by atoms with Gasteiger partial charge in [-0.1, -0.05) is 24.3 Å². The summed E-state index contributed by atoms with van der Waals surface area (Å²) in [5.74, 6) is -1.14. The van der Waals surface area contributed by atoms with E-state index in [1.54, 1.807) is 47.9 Å². The minimum absolute atomic E-state index is 0.00169. The second-order valence-electron chi connectivity index (χ2n) is 14.1. The Morgan fingerprint density at radius 3 is 2.00 bits per heavy atom. The normalized spacial score (nSPS) is 18.4. The molecule has 4 amide bonds. The molecule has 0 spiro atoms. The summed E-state index contributed by atoms with van der Waals surface area (Å²) in [6.07, 6.45) is 2.13. The number of amides is 4. The quantitative estimate of drug-likeness (QED) is 0.321. The number of nitrogens with two attached hydrogens (primary N) is 2. The number of carbonyl (C=O) groups excluding carboxylic acids is 4. The van der Waals surface area contributed by atoms with Crippen LogP contribution >= 0.6 is 0 Å². The minimum Gasteiger partial charge on any atom is -0.366 e. The predicted octanol–water partition coefficient (Wildman–Crippen LogP) is 1.41. The molecule has 3 fully saturated rings. The van der Waals surface area contributed by atoms with Crippen molar-refractivity contribution in [2.24, 2.45) is 17.4 Å². The van der Waals surface area contributed by atoms with Crippen molar-refractivity contribution >= 4 is 29.3 Å². The number of piperidine rings is 1. The van der Waals surface area contributed by atoms with Crippen molar-refractivity contribution in [1.82, 2.24) is 24.5 Å². The molecule has 13 heteroatoms. The molecule has 3 heterocycles. The summed E-state index contributed by atoms with van der Waals surface area (Å²) in [6, 6.07) is 10.8. The van der Waals surface area contributed by atoms with Crippen LogP contribution in [-0.2, 0) is 16.0 Å². The van der Waals surface area contributed by atoms with Crippen LogP contribution in [0.25, 0.3) is 0 Å². The third-order valence-electron chi connectivity index (χ3n) is 9.87. The second-order valence-corrected chi connectivity index (χ2v) is 14.1. The van der Waals surface area contributed by atoms with Gasteiger partial charge in [0.05, 0.1) is 17.6 Å². The maximum Gasteiger partial charge on any atom is 0.256 e. The van der Waals surface area contributed by atoms with Crippen molar-refractivity contribution in [2.75, 3.05) is 78.5 Å². The highest BCUT2D eigenvalue weighted by Crippen LogP contribution is 2.21. The Labute approximate surface area is 287 Å². The standard InChI is InChI=1S/C36H49FN8O4/c1-36(2,40)35(49)45-15-13-42(14-16-45)23-25-9-11-41(12-10-25)24-32(46)43-17-19-44(20-18-43)34(48)29-21-26(7-8-30(29)37)22-31(38)27-5-3-4-6-28(27)33(39)47/h3-8,21,25,38H,9-20,22-24,40H2,1-2H3,(H2,39,47). The van der Waals surface area contributed by atoms with Crippen LogP contribution in [0, 0.1) is 17.1 Å². The van der Waals surface area contributed by atoms with Gasteiger partial charge >= 0.3 is 0 Å². The average Bonchev–Trinajstić information content (AvgIpc) is 3.09. The van der Waals surface area contributed by atoms with Crippen LogP contribution in [0.3, 0.4) is 0 Å². The molecule has 12 nitrogen and oxygen atoms in total. The fourth-order valence-corrected chi connectivity index (χ4v) is 6.96. The van der Waals surface area contributed by atoms with Crippen molar-refractivity contribution in [1.29, 1.82) is 5.41 Å². The number of rotatable bonds is 10. The molecule has 2 aromatic carbocycles. The van der Waals surface area contributed by atoms with Gasteiger partial charge in [-0.25, -0.2) is 4.39 Å². The van der Waals surface area contributed by atoms with Crippen molar-refractivity contribution < 1.29 is 23.6 Å². The predicted molar refractivity (Wildman–Crippen MR) is 185 cm³/mol. The summed E-state index contributed by atoms with van der Waals surface area (Å²) in [4.78, 5) is 60.7. The first-order valence-electron chi connectivity index (χ1n) is 17.1. The molecule has 0 saturated carbocycles. The fraction of sp³-hybridized carbons (Fsp3) is 0.528. The first-order valence-corrected chi connectivity index (χ1v) is 17.1. The lowest BCUT2D eigenvalue weighted by Crippen LogP contribution is -2.57.